The molecule has 8 nitrogen and oxygen atoms in total. The predicted molar refractivity (Wildman–Crippen MR) is 103 cm³/mol. The van der Waals surface area contributed by atoms with Crippen molar-refractivity contribution >= 4 is 41.0 Å². The van der Waals surface area contributed by atoms with Crippen LogP contribution < -0.4 is 15.1 Å². The first-order valence-corrected chi connectivity index (χ1v) is 8.83. The molecule has 1 aromatic carbocycles. The van der Waals surface area contributed by atoms with Crippen LogP contribution in [0.15, 0.2) is 23.3 Å². The molecule has 142 valence electrons. The van der Waals surface area contributed by atoms with E-state index in [4.69, 9.17) is 22.2 Å². The summed E-state index contributed by atoms with van der Waals surface area (Å²) in [6.45, 7) is 3.72. The Kier molecular flexibility index (Phi) is 5.71. The molecule has 2 aliphatic heterocycles. The molecule has 0 saturated carbocycles. The molecule has 0 aliphatic carbocycles. The molecule has 3 rings (SSSR count). The van der Waals surface area contributed by atoms with Crippen LogP contribution in [0.4, 0.5) is 20.6 Å². The number of cyclic esters (lactones) is 1. The number of hydrogen-bond donors (Lipinski definition) is 1. The normalized spacial score (nSPS) is 19.1. The minimum absolute atomic E-state index is 0.196. The fraction of sp³-hybridized carbons (Fsp3) is 0.412. The summed E-state index contributed by atoms with van der Waals surface area (Å²) in [5, 5.41) is 17.4. The Balaban J connectivity index is 1.68. The lowest BCUT2D eigenvalue weighted by molar-refractivity contribution is 0.143. The average molecular weight is 390 g/mol. The van der Waals surface area contributed by atoms with Gasteiger partial charge in [0.1, 0.15) is 24.8 Å². The van der Waals surface area contributed by atoms with Crippen molar-refractivity contribution in [2.45, 2.75) is 13.0 Å². The summed E-state index contributed by atoms with van der Waals surface area (Å²) in [7, 11) is 0. The number of nitrogens with one attached hydrogen (secondary N) is 1. The quantitative estimate of drug-likeness (QED) is 0.605. The van der Waals surface area contributed by atoms with Crippen molar-refractivity contribution in [1.29, 1.82) is 5.26 Å². The monoisotopic (exact) mass is 390 g/mol. The van der Waals surface area contributed by atoms with Crippen molar-refractivity contribution in [3.8, 4) is 6.07 Å². The Morgan fingerprint density at radius 2 is 2.33 bits per heavy atom. The number of carbonyl (C=O) groups is 1. The van der Waals surface area contributed by atoms with E-state index in [2.05, 4.69) is 10.4 Å². The largest absolute Gasteiger partial charge is 0.442 e. The van der Waals surface area contributed by atoms with Crippen LogP contribution >= 0.6 is 12.2 Å². The molecule has 1 saturated heterocycles. The molecule has 1 amide bonds. The van der Waals surface area contributed by atoms with Gasteiger partial charge in [0.2, 0.25) is 0 Å². The number of halogens is 1. The first-order valence-electron chi connectivity index (χ1n) is 8.42. The molecule has 1 fully saturated rings. The summed E-state index contributed by atoms with van der Waals surface area (Å²) in [4.78, 5) is 15.8. The van der Waals surface area contributed by atoms with E-state index < -0.39 is 11.9 Å². The zero-order valence-corrected chi connectivity index (χ0v) is 15.6. The van der Waals surface area contributed by atoms with Gasteiger partial charge in [0, 0.05) is 6.54 Å². The summed E-state index contributed by atoms with van der Waals surface area (Å²) in [5.41, 5.74) is 0.795. The third kappa shape index (κ3) is 4.43. The number of nitriles is 1. The topological polar surface area (TPSA) is 84.2 Å². The zero-order chi connectivity index (χ0) is 19.4. The van der Waals surface area contributed by atoms with E-state index in [9.17, 15) is 9.18 Å². The van der Waals surface area contributed by atoms with Gasteiger partial charge >= 0.3 is 6.09 Å². The van der Waals surface area contributed by atoms with Gasteiger partial charge in [-0.15, -0.1) is 0 Å². The maximum absolute atomic E-state index is 14.6. The van der Waals surface area contributed by atoms with Gasteiger partial charge in [-0.05, 0) is 25.1 Å². The Hall–Kier alpha value is -2.93. The van der Waals surface area contributed by atoms with Crippen molar-refractivity contribution in [2.75, 3.05) is 42.5 Å². The van der Waals surface area contributed by atoms with Crippen LogP contribution in [0.3, 0.4) is 0 Å². The van der Waals surface area contributed by atoms with Crippen LogP contribution in [0, 0.1) is 17.1 Å². The molecule has 1 atom stereocenters. The Bertz CT molecular complexity index is 811. The molecule has 0 radical (unpaired) electrons. The van der Waals surface area contributed by atoms with Gasteiger partial charge in [0.05, 0.1) is 42.1 Å². The predicted octanol–water partition coefficient (Wildman–Crippen LogP) is 1.68. The number of nitrogens with zero attached hydrogens (tertiary/aromatic N) is 5. The van der Waals surface area contributed by atoms with Crippen molar-refractivity contribution in [3.63, 3.8) is 0 Å². The second kappa shape index (κ2) is 8.18. The number of hydrogen-bond acceptors (Lipinski definition) is 7. The maximum Gasteiger partial charge on any atom is 0.414 e. The summed E-state index contributed by atoms with van der Waals surface area (Å²) >= 11 is 4.95. The Morgan fingerprint density at radius 1 is 1.52 bits per heavy atom. The minimum Gasteiger partial charge on any atom is -0.442 e. The highest BCUT2D eigenvalue weighted by molar-refractivity contribution is 7.80. The Labute approximate surface area is 161 Å². The van der Waals surface area contributed by atoms with Crippen molar-refractivity contribution < 1.29 is 13.9 Å². The van der Waals surface area contributed by atoms with Crippen LogP contribution in [0.1, 0.15) is 6.92 Å². The smallest absolute Gasteiger partial charge is 0.414 e. The van der Waals surface area contributed by atoms with E-state index in [1.807, 2.05) is 6.07 Å². The second-order valence-corrected chi connectivity index (χ2v) is 6.77. The summed E-state index contributed by atoms with van der Waals surface area (Å²) in [6, 6.07) is 6.62. The van der Waals surface area contributed by atoms with Crippen LogP contribution in [-0.4, -0.2) is 61.3 Å². The van der Waals surface area contributed by atoms with Gasteiger partial charge in [-0.25, -0.2) is 9.18 Å². The fourth-order valence-corrected chi connectivity index (χ4v) is 2.93. The number of rotatable bonds is 5. The molecule has 2 aliphatic rings. The van der Waals surface area contributed by atoms with E-state index in [1.54, 1.807) is 29.0 Å². The highest BCUT2D eigenvalue weighted by Gasteiger charge is 2.32. The number of ether oxygens (including phenoxy) is 1. The zero-order valence-electron chi connectivity index (χ0n) is 14.8. The van der Waals surface area contributed by atoms with Gasteiger partial charge in [0.15, 0.2) is 0 Å². The lowest BCUT2D eigenvalue weighted by Gasteiger charge is -2.29. The van der Waals surface area contributed by atoms with Gasteiger partial charge < -0.3 is 15.0 Å². The molecule has 1 aromatic rings. The van der Waals surface area contributed by atoms with Gasteiger partial charge in [0.25, 0.3) is 0 Å². The molecule has 0 bridgehead atoms. The molecule has 0 spiro atoms. The average Bonchev–Trinajstić information content (AvgIpc) is 3.02. The number of amides is 1. The highest BCUT2D eigenvalue weighted by Crippen LogP contribution is 2.28. The number of hydrazone groups is 1. The van der Waals surface area contributed by atoms with Gasteiger partial charge in [-0.3, -0.25) is 9.91 Å². The van der Waals surface area contributed by atoms with Crippen LogP contribution in [0.5, 0.6) is 0 Å². The molecule has 10 heteroatoms. The van der Waals surface area contributed by atoms with E-state index in [0.717, 1.165) is 0 Å². The minimum atomic E-state index is -0.511. The van der Waals surface area contributed by atoms with Gasteiger partial charge in [-0.1, -0.05) is 12.2 Å². The van der Waals surface area contributed by atoms with Crippen molar-refractivity contribution in [2.24, 2.45) is 5.10 Å². The SMILES string of the molecule is CC(=S)NCC1CN(c2ccc(N3C=NN(CC#N)CC3)c(F)c2)C(=O)O1. The number of carbonyl (C=O) groups excluding carboxylic acids is 1. The standard InChI is InChI=1S/C17H19FN6O2S/c1-12(27)20-9-14-10-24(17(25)26-14)13-2-3-16(15(18)8-13)22-6-7-23(5-4-19)21-11-22/h2-3,8,11,14H,5-7,9-10H2,1H3,(H,20,27). The third-order valence-electron chi connectivity index (χ3n) is 4.21. The van der Waals surface area contributed by atoms with Crippen molar-refractivity contribution in [3.05, 3.63) is 24.0 Å². The summed E-state index contributed by atoms with van der Waals surface area (Å²) in [5.74, 6) is -0.461. The molecule has 2 heterocycles. The third-order valence-corrected chi connectivity index (χ3v) is 4.36. The second-order valence-electron chi connectivity index (χ2n) is 6.16. The number of thiocarbonyl (C=S) groups is 1. The van der Waals surface area contributed by atoms with Crippen LogP contribution in [-0.2, 0) is 4.74 Å². The molecule has 27 heavy (non-hydrogen) atoms. The maximum atomic E-state index is 14.6. The first-order chi connectivity index (χ1) is 13.0. The number of benzene rings is 1. The number of anilines is 2. The lowest BCUT2D eigenvalue weighted by Crippen LogP contribution is -2.38. The first kappa shape index (κ1) is 18.8. The van der Waals surface area contributed by atoms with Crippen LogP contribution in [0.2, 0.25) is 0 Å². The lowest BCUT2D eigenvalue weighted by atomic mass is 10.2. The molecule has 1 N–H and O–H groups in total. The molecule has 0 aromatic heterocycles. The molecular formula is C17H19FN6O2S. The van der Waals surface area contributed by atoms with E-state index >= 15 is 0 Å². The summed E-state index contributed by atoms with van der Waals surface area (Å²) in [6.07, 6.45) is 0.638. The fourth-order valence-electron chi connectivity index (χ4n) is 2.85. The molecule has 1 unspecified atom stereocenters. The summed E-state index contributed by atoms with van der Waals surface area (Å²) < 4.78 is 19.9. The van der Waals surface area contributed by atoms with E-state index in [0.29, 0.717) is 42.5 Å². The van der Waals surface area contributed by atoms with E-state index in [-0.39, 0.29) is 12.6 Å². The molecular weight excluding hydrogens is 371 g/mol. The van der Waals surface area contributed by atoms with Crippen molar-refractivity contribution in [1.82, 2.24) is 10.3 Å². The Morgan fingerprint density at radius 3 is 2.96 bits per heavy atom. The van der Waals surface area contributed by atoms with Gasteiger partial charge in [-0.2, -0.15) is 10.4 Å². The van der Waals surface area contributed by atoms with E-state index in [1.165, 1.54) is 17.3 Å². The van der Waals surface area contributed by atoms with Crippen LogP contribution in [0.25, 0.3) is 0 Å². The highest BCUT2D eigenvalue weighted by atomic mass is 32.1.